The van der Waals surface area contributed by atoms with Gasteiger partial charge in [-0.1, -0.05) is 53.7 Å². The number of nitrogens with two attached hydrogens (primary N) is 1. The normalized spacial score (nSPS) is 16.7. The van der Waals surface area contributed by atoms with Gasteiger partial charge >= 0.3 is 5.97 Å². The van der Waals surface area contributed by atoms with Crippen molar-refractivity contribution in [3.05, 3.63) is 29.3 Å². The van der Waals surface area contributed by atoms with E-state index in [1.165, 1.54) is 0 Å². The van der Waals surface area contributed by atoms with Crippen molar-refractivity contribution in [3.63, 3.8) is 0 Å². The molecule has 1 aromatic carbocycles. The predicted octanol–water partition coefficient (Wildman–Crippen LogP) is 3.93. The molecule has 0 saturated carbocycles. The zero-order chi connectivity index (χ0) is 25.3. The highest BCUT2D eigenvalue weighted by molar-refractivity contribution is 5.69. The van der Waals surface area contributed by atoms with Gasteiger partial charge in [0.15, 0.2) is 6.29 Å². The topological polar surface area (TPSA) is 119 Å². The molecule has 7 nitrogen and oxygen atoms in total. The second-order valence-corrected chi connectivity index (χ2v) is 10.3. The molecule has 0 bridgehead atoms. The fourth-order valence-corrected chi connectivity index (χ4v) is 3.71. The van der Waals surface area contributed by atoms with E-state index in [2.05, 4.69) is 40.7 Å². The molecule has 0 aliphatic rings. The van der Waals surface area contributed by atoms with Crippen LogP contribution < -0.4 is 10.5 Å². The molecule has 0 radical (unpaired) electrons. The lowest BCUT2D eigenvalue weighted by Gasteiger charge is -2.29. The maximum Gasteiger partial charge on any atom is 0.306 e. The number of carbonyl (C=O) groups is 2. The Morgan fingerprint density at radius 1 is 1.18 bits per heavy atom. The number of carbonyl (C=O) groups excluding carboxylic acids is 1. The molecule has 0 heterocycles. The summed E-state index contributed by atoms with van der Waals surface area (Å²) in [6, 6.07) is 5.52. The Morgan fingerprint density at radius 3 is 2.30 bits per heavy atom. The van der Waals surface area contributed by atoms with Crippen molar-refractivity contribution in [1.82, 2.24) is 0 Å². The van der Waals surface area contributed by atoms with Crippen LogP contribution in [-0.4, -0.2) is 47.5 Å². The standard InChI is InChI=1S/C26H43NO6/c1-8-32-24(15-28)33-23-14-20(26(5,6)7)10-9-18(23)12-19(16(2)3)13-21(27)22(29)11-17(4)25(30)31/h9-10,14-17,19,21-22,24,29H,8,11-13,27H2,1-7H3,(H,30,31). The van der Waals surface area contributed by atoms with Gasteiger partial charge in [0.25, 0.3) is 6.29 Å². The number of aliphatic hydroxyl groups is 1. The Bertz CT molecular complexity index is 758. The molecule has 0 aliphatic heterocycles. The number of rotatable bonds is 14. The first-order chi connectivity index (χ1) is 15.3. The average molecular weight is 466 g/mol. The Balaban J connectivity index is 3.14. The number of carboxylic acid groups (broad SMARTS) is 1. The van der Waals surface area contributed by atoms with Gasteiger partial charge in [0.2, 0.25) is 0 Å². The molecule has 0 saturated heterocycles. The van der Waals surface area contributed by atoms with E-state index in [9.17, 15) is 14.7 Å². The van der Waals surface area contributed by atoms with Crippen molar-refractivity contribution in [2.75, 3.05) is 6.61 Å². The molecule has 7 heteroatoms. The average Bonchev–Trinajstić information content (AvgIpc) is 2.72. The van der Waals surface area contributed by atoms with Gasteiger partial charge in [-0.3, -0.25) is 9.59 Å². The largest absolute Gasteiger partial charge is 0.481 e. The quantitative estimate of drug-likeness (QED) is 0.281. The van der Waals surface area contributed by atoms with Crippen molar-refractivity contribution < 1.29 is 29.3 Å². The van der Waals surface area contributed by atoms with Gasteiger partial charge in [0.1, 0.15) is 5.75 Å². The van der Waals surface area contributed by atoms with Crippen LogP contribution in [-0.2, 0) is 26.2 Å². The van der Waals surface area contributed by atoms with Crippen molar-refractivity contribution in [3.8, 4) is 5.75 Å². The van der Waals surface area contributed by atoms with Gasteiger partial charge in [-0.05, 0) is 60.6 Å². The number of hydrogen-bond acceptors (Lipinski definition) is 6. The fourth-order valence-electron chi connectivity index (χ4n) is 3.71. The predicted molar refractivity (Wildman–Crippen MR) is 129 cm³/mol. The van der Waals surface area contributed by atoms with Crippen LogP contribution in [0.5, 0.6) is 5.75 Å². The molecular weight excluding hydrogens is 422 g/mol. The molecule has 1 rings (SSSR count). The summed E-state index contributed by atoms with van der Waals surface area (Å²) in [6.45, 7) is 14.3. The van der Waals surface area contributed by atoms with E-state index in [0.29, 0.717) is 31.5 Å². The third-order valence-corrected chi connectivity index (χ3v) is 6.13. The van der Waals surface area contributed by atoms with Crippen molar-refractivity contribution >= 4 is 12.3 Å². The summed E-state index contributed by atoms with van der Waals surface area (Å²) in [5.74, 6) is -0.607. The van der Waals surface area contributed by atoms with Crippen LogP contribution >= 0.6 is 0 Å². The highest BCUT2D eigenvalue weighted by atomic mass is 16.7. The van der Waals surface area contributed by atoms with E-state index >= 15 is 0 Å². The highest BCUT2D eigenvalue weighted by Crippen LogP contribution is 2.33. The molecule has 0 aliphatic carbocycles. The summed E-state index contributed by atoms with van der Waals surface area (Å²) >= 11 is 0. The number of aldehydes is 1. The van der Waals surface area contributed by atoms with Gasteiger partial charge in [0, 0.05) is 12.6 Å². The van der Waals surface area contributed by atoms with Gasteiger partial charge in [-0.25, -0.2) is 0 Å². The Morgan fingerprint density at radius 2 is 1.82 bits per heavy atom. The lowest BCUT2D eigenvalue weighted by Crippen LogP contribution is -2.39. The van der Waals surface area contributed by atoms with Crippen molar-refractivity contribution in [2.45, 2.75) is 91.6 Å². The number of hydrogen-bond donors (Lipinski definition) is 3. The lowest BCUT2D eigenvalue weighted by molar-refractivity contribution is -0.142. The van der Waals surface area contributed by atoms with Crippen LogP contribution in [0.15, 0.2) is 18.2 Å². The van der Waals surface area contributed by atoms with Crippen LogP contribution in [0.1, 0.15) is 72.4 Å². The zero-order valence-electron chi connectivity index (χ0n) is 21.2. The van der Waals surface area contributed by atoms with E-state index in [-0.39, 0.29) is 23.7 Å². The molecule has 0 fully saturated rings. The Kier molecular flexibility index (Phi) is 11.5. The van der Waals surface area contributed by atoms with Crippen LogP contribution in [0.4, 0.5) is 0 Å². The Labute approximate surface area is 198 Å². The summed E-state index contributed by atoms with van der Waals surface area (Å²) in [5.41, 5.74) is 8.21. The van der Waals surface area contributed by atoms with Gasteiger partial charge in [-0.15, -0.1) is 0 Å². The maximum atomic E-state index is 11.4. The highest BCUT2D eigenvalue weighted by Gasteiger charge is 2.27. The van der Waals surface area contributed by atoms with Crippen LogP contribution in [0, 0.1) is 17.8 Å². The number of ether oxygens (including phenoxy) is 2. The van der Waals surface area contributed by atoms with Gasteiger partial charge < -0.3 is 25.4 Å². The molecule has 4 N–H and O–H groups in total. The number of benzene rings is 1. The zero-order valence-corrected chi connectivity index (χ0v) is 21.2. The molecule has 0 amide bonds. The van der Waals surface area contributed by atoms with E-state index in [4.69, 9.17) is 20.3 Å². The number of aliphatic hydroxyl groups excluding tert-OH is 1. The molecule has 1 aromatic rings. The molecule has 0 spiro atoms. The van der Waals surface area contributed by atoms with Crippen LogP contribution in [0.25, 0.3) is 0 Å². The smallest absolute Gasteiger partial charge is 0.306 e. The number of aliphatic carboxylic acids is 1. The third-order valence-electron chi connectivity index (χ3n) is 6.13. The molecule has 188 valence electrons. The molecule has 5 atom stereocenters. The fraction of sp³-hybridized carbons (Fsp3) is 0.692. The van der Waals surface area contributed by atoms with Gasteiger partial charge in [0.05, 0.1) is 12.0 Å². The molecule has 33 heavy (non-hydrogen) atoms. The van der Waals surface area contributed by atoms with Crippen molar-refractivity contribution in [2.24, 2.45) is 23.5 Å². The van der Waals surface area contributed by atoms with E-state index in [1.807, 2.05) is 12.1 Å². The van der Waals surface area contributed by atoms with Crippen molar-refractivity contribution in [1.29, 1.82) is 0 Å². The lowest BCUT2D eigenvalue weighted by atomic mass is 9.81. The molecular formula is C26H43NO6. The second kappa shape index (κ2) is 13.1. The molecule has 0 aromatic heterocycles. The first-order valence-electron chi connectivity index (χ1n) is 11.8. The summed E-state index contributed by atoms with van der Waals surface area (Å²) < 4.78 is 11.3. The third kappa shape index (κ3) is 9.43. The summed E-state index contributed by atoms with van der Waals surface area (Å²) in [7, 11) is 0. The second-order valence-electron chi connectivity index (χ2n) is 10.3. The first kappa shape index (κ1) is 29.1. The minimum Gasteiger partial charge on any atom is -0.481 e. The monoisotopic (exact) mass is 465 g/mol. The minimum atomic E-state index is -0.983. The van der Waals surface area contributed by atoms with Gasteiger partial charge in [-0.2, -0.15) is 0 Å². The number of carboxylic acids is 1. The first-order valence-corrected chi connectivity index (χ1v) is 11.8. The maximum absolute atomic E-state index is 11.4. The SMILES string of the molecule is CCOC(C=O)Oc1cc(C(C)(C)C)ccc1CC(CC(N)C(O)CC(C)C(=O)O)C(C)C. The summed E-state index contributed by atoms with van der Waals surface area (Å²) in [5, 5.41) is 19.6. The van der Waals surface area contributed by atoms with Crippen LogP contribution in [0.2, 0.25) is 0 Å². The Hall–Kier alpha value is -1.96. The van der Waals surface area contributed by atoms with E-state index in [1.54, 1.807) is 13.8 Å². The van der Waals surface area contributed by atoms with Crippen LogP contribution in [0.3, 0.4) is 0 Å². The molecule has 5 unspecified atom stereocenters. The summed E-state index contributed by atoms with van der Waals surface area (Å²) in [4.78, 5) is 22.6. The van der Waals surface area contributed by atoms with E-state index in [0.717, 1.165) is 11.1 Å². The minimum absolute atomic E-state index is 0.0936. The van der Waals surface area contributed by atoms with E-state index < -0.39 is 30.3 Å². The summed E-state index contributed by atoms with van der Waals surface area (Å²) in [6.07, 6.45) is 0.0629.